The van der Waals surface area contributed by atoms with E-state index in [-0.39, 0.29) is 24.6 Å². The minimum Gasteiger partial charge on any atom is -0.376 e. The average Bonchev–Trinajstić information content (AvgIpc) is 2.86. The van der Waals surface area contributed by atoms with E-state index in [0.29, 0.717) is 37.7 Å². The summed E-state index contributed by atoms with van der Waals surface area (Å²) in [5.74, 6) is -0.302. The van der Waals surface area contributed by atoms with Crippen molar-refractivity contribution in [3.63, 3.8) is 0 Å². The van der Waals surface area contributed by atoms with E-state index in [1.54, 1.807) is 31.3 Å². The maximum atomic E-state index is 12.0. The standard InChI is InChI=1S/C16H20N4O5/c1-19-9-14(21)20(16(19)23)12-4-2-3-11(7-12)18-15(22)17-8-13-10-24-5-6-25-13/h2-4,7,13H,5-6,8-10H2,1H3,(H2,17,18,22). The lowest BCUT2D eigenvalue weighted by atomic mass is 10.2. The molecule has 0 bridgehead atoms. The number of carbonyl (C=O) groups excluding carboxylic acids is 3. The maximum absolute atomic E-state index is 12.0. The Bertz CT molecular complexity index is 674. The van der Waals surface area contributed by atoms with Crippen LogP contribution in [0.25, 0.3) is 0 Å². The minimum absolute atomic E-state index is 0.0421. The van der Waals surface area contributed by atoms with E-state index in [4.69, 9.17) is 9.47 Å². The number of ether oxygens (including phenoxy) is 2. The van der Waals surface area contributed by atoms with Crippen LogP contribution in [0, 0.1) is 0 Å². The summed E-state index contributed by atoms with van der Waals surface area (Å²) >= 11 is 0. The molecule has 5 amide bonds. The summed E-state index contributed by atoms with van der Waals surface area (Å²) in [7, 11) is 1.56. The van der Waals surface area contributed by atoms with Crippen LogP contribution in [0.1, 0.15) is 0 Å². The molecule has 2 N–H and O–H groups in total. The second-order valence-electron chi connectivity index (χ2n) is 5.82. The number of rotatable bonds is 4. The van der Waals surface area contributed by atoms with Gasteiger partial charge in [-0.3, -0.25) is 4.79 Å². The van der Waals surface area contributed by atoms with Crippen LogP contribution in [0.4, 0.5) is 21.0 Å². The third-order valence-corrected chi connectivity index (χ3v) is 3.88. The van der Waals surface area contributed by atoms with Crippen LogP contribution in [0.3, 0.4) is 0 Å². The van der Waals surface area contributed by atoms with E-state index in [1.165, 1.54) is 4.90 Å². The van der Waals surface area contributed by atoms with Crippen molar-refractivity contribution in [3.8, 4) is 0 Å². The highest BCUT2D eigenvalue weighted by Crippen LogP contribution is 2.23. The van der Waals surface area contributed by atoms with Crippen molar-refractivity contribution >= 4 is 29.3 Å². The Morgan fingerprint density at radius 3 is 2.84 bits per heavy atom. The molecule has 1 aromatic carbocycles. The fourth-order valence-electron chi connectivity index (χ4n) is 2.63. The highest BCUT2D eigenvalue weighted by Gasteiger charge is 2.34. The third-order valence-electron chi connectivity index (χ3n) is 3.88. The monoisotopic (exact) mass is 348 g/mol. The number of benzene rings is 1. The van der Waals surface area contributed by atoms with Crippen molar-refractivity contribution in [2.24, 2.45) is 0 Å². The molecule has 0 radical (unpaired) electrons. The lowest BCUT2D eigenvalue weighted by Crippen LogP contribution is -2.41. The number of nitrogens with zero attached hydrogens (tertiary/aromatic N) is 2. The lowest BCUT2D eigenvalue weighted by Gasteiger charge is -2.23. The molecule has 0 saturated carbocycles. The zero-order valence-electron chi connectivity index (χ0n) is 13.9. The molecule has 9 nitrogen and oxygen atoms in total. The number of hydrogen-bond acceptors (Lipinski definition) is 5. The second-order valence-corrected chi connectivity index (χ2v) is 5.82. The summed E-state index contributed by atoms with van der Waals surface area (Å²) in [6.07, 6.45) is -0.166. The molecule has 2 aliphatic heterocycles. The van der Waals surface area contributed by atoms with E-state index in [1.807, 2.05) is 0 Å². The molecule has 9 heteroatoms. The van der Waals surface area contributed by atoms with Gasteiger partial charge in [0.05, 0.1) is 31.6 Å². The van der Waals surface area contributed by atoms with Crippen LogP contribution < -0.4 is 15.5 Å². The SMILES string of the molecule is CN1CC(=O)N(c2cccc(NC(=O)NCC3COCCO3)c2)C1=O. The molecule has 3 rings (SSSR count). The molecule has 2 saturated heterocycles. The molecule has 2 aliphatic rings. The van der Waals surface area contributed by atoms with E-state index in [0.717, 1.165) is 4.90 Å². The van der Waals surface area contributed by atoms with Crippen molar-refractivity contribution in [1.29, 1.82) is 0 Å². The van der Waals surface area contributed by atoms with Crippen LogP contribution in [-0.4, -0.2) is 68.9 Å². The van der Waals surface area contributed by atoms with Gasteiger partial charge in [-0.1, -0.05) is 6.07 Å². The lowest BCUT2D eigenvalue weighted by molar-refractivity contribution is -0.116. The van der Waals surface area contributed by atoms with Gasteiger partial charge in [0.2, 0.25) is 0 Å². The Morgan fingerprint density at radius 2 is 2.16 bits per heavy atom. The number of nitrogens with one attached hydrogen (secondary N) is 2. The summed E-state index contributed by atoms with van der Waals surface area (Å²) < 4.78 is 10.7. The first-order valence-electron chi connectivity index (χ1n) is 7.97. The fourth-order valence-corrected chi connectivity index (χ4v) is 2.63. The van der Waals surface area contributed by atoms with Gasteiger partial charge in [0.15, 0.2) is 0 Å². The van der Waals surface area contributed by atoms with Crippen LogP contribution in [-0.2, 0) is 14.3 Å². The molecular weight excluding hydrogens is 328 g/mol. The van der Waals surface area contributed by atoms with Crippen LogP contribution in [0.5, 0.6) is 0 Å². The van der Waals surface area contributed by atoms with Crippen LogP contribution >= 0.6 is 0 Å². The number of imide groups is 1. The first-order chi connectivity index (χ1) is 12.0. The van der Waals surface area contributed by atoms with Crippen molar-refractivity contribution in [1.82, 2.24) is 10.2 Å². The Kier molecular flexibility index (Phi) is 5.15. The minimum atomic E-state index is -0.400. The number of urea groups is 2. The summed E-state index contributed by atoms with van der Waals surface area (Å²) in [5, 5.41) is 5.38. The third kappa shape index (κ3) is 4.06. The van der Waals surface area contributed by atoms with Gasteiger partial charge in [-0.15, -0.1) is 0 Å². The summed E-state index contributed by atoms with van der Waals surface area (Å²) in [5.41, 5.74) is 0.895. The first-order valence-corrected chi connectivity index (χ1v) is 7.97. The van der Waals surface area contributed by atoms with Crippen molar-refractivity contribution in [2.75, 3.05) is 50.2 Å². The molecule has 2 heterocycles. The summed E-state index contributed by atoms with van der Waals surface area (Å²) in [6, 6.07) is 5.78. The quantitative estimate of drug-likeness (QED) is 0.777. The van der Waals surface area contributed by atoms with Gasteiger partial charge in [-0.2, -0.15) is 0 Å². The highest BCUT2D eigenvalue weighted by atomic mass is 16.6. The molecule has 1 aromatic rings. The van der Waals surface area contributed by atoms with Gasteiger partial charge in [0, 0.05) is 19.3 Å². The predicted molar refractivity (Wildman–Crippen MR) is 89.5 cm³/mol. The molecule has 0 aliphatic carbocycles. The summed E-state index contributed by atoms with van der Waals surface area (Å²) in [6.45, 7) is 1.91. The Hall–Kier alpha value is -2.65. The van der Waals surface area contributed by atoms with Crippen LogP contribution in [0.2, 0.25) is 0 Å². The number of anilines is 2. The summed E-state index contributed by atoms with van der Waals surface area (Å²) in [4.78, 5) is 38.4. The van der Waals surface area contributed by atoms with Gasteiger partial charge in [0.1, 0.15) is 6.54 Å². The van der Waals surface area contributed by atoms with Crippen molar-refractivity contribution < 1.29 is 23.9 Å². The van der Waals surface area contributed by atoms with Crippen LogP contribution in [0.15, 0.2) is 24.3 Å². The highest BCUT2D eigenvalue weighted by molar-refractivity contribution is 6.19. The maximum Gasteiger partial charge on any atom is 0.331 e. The van der Waals surface area contributed by atoms with Gasteiger partial charge in [-0.25, -0.2) is 14.5 Å². The number of carbonyl (C=O) groups is 3. The van der Waals surface area contributed by atoms with Gasteiger partial charge < -0.3 is 25.0 Å². The Balaban J connectivity index is 1.59. The van der Waals surface area contributed by atoms with E-state index >= 15 is 0 Å². The number of amides is 5. The molecule has 1 unspecified atom stereocenters. The molecular formula is C16H20N4O5. The Morgan fingerprint density at radius 1 is 1.32 bits per heavy atom. The molecule has 2 fully saturated rings. The smallest absolute Gasteiger partial charge is 0.331 e. The molecule has 1 atom stereocenters. The predicted octanol–water partition coefficient (Wildman–Crippen LogP) is 0.622. The molecule has 0 aromatic heterocycles. The number of likely N-dealkylation sites (N-methyl/N-ethyl adjacent to an activating group) is 1. The zero-order valence-corrected chi connectivity index (χ0v) is 13.9. The van der Waals surface area contributed by atoms with Gasteiger partial charge in [0.25, 0.3) is 5.91 Å². The van der Waals surface area contributed by atoms with Crippen molar-refractivity contribution in [2.45, 2.75) is 6.10 Å². The Labute approximate surface area is 144 Å². The van der Waals surface area contributed by atoms with E-state index in [2.05, 4.69) is 10.6 Å². The zero-order chi connectivity index (χ0) is 17.8. The van der Waals surface area contributed by atoms with Gasteiger partial charge >= 0.3 is 12.1 Å². The molecule has 134 valence electrons. The topological polar surface area (TPSA) is 100 Å². The largest absolute Gasteiger partial charge is 0.376 e. The second kappa shape index (κ2) is 7.49. The van der Waals surface area contributed by atoms with Gasteiger partial charge in [-0.05, 0) is 18.2 Å². The molecule has 0 spiro atoms. The fraction of sp³-hybridized carbons (Fsp3) is 0.438. The normalized spacial score (nSPS) is 20.8. The van der Waals surface area contributed by atoms with E-state index in [9.17, 15) is 14.4 Å². The van der Waals surface area contributed by atoms with Crippen molar-refractivity contribution in [3.05, 3.63) is 24.3 Å². The first kappa shape index (κ1) is 17.2. The average molecular weight is 348 g/mol. The van der Waals surface area contributed by atoms with E-state index < -0.39 is 6.03 Å². The number of hydrogen-bond donors (Lipinski definition) is 2. The molecule has 25 heavy (non-hydrogen) atoms.